The molecule has 0 aromatic heterocycles. The maximum absolute atomic E-state index is 12.7. The van der Waals surface area contributed by atoms with Crippen LogP contribution in [0.1, 0.15) is 31.8 Å². The predicted octanol–water partition coefficient (Wildman–Crippen LogP) is 6.42. The summed E-state index contributed by atoms with van der Waals surface area (Å²) in [4.78, 5) is 25.5. The lowest BCUT2D eigenvalue weighted by Crippen LogP contribution is -2.30. The lowest BCUT2D eigenvalue weighted by Gasteiger charge is -2.27. The number of rotatable bonds is 11. The summed E-state index contributed by atoms with van der Waals surface area (Å²) in [6.07, 6.45) is 1.40. The normalized spacial score (nSPS) is 12.3. The molecule has 4 heteroatoms. The Labute approximate surface area is 212 Å². The Morgan fingerprint density at radius 1 is 0.472 bits per heavy atom. The third-order valence-corrected chi connectivity index (χ3v) is 6.22. The molecule has 0 heterocycles. The molecule has 2 atom stereocenters. The molecule has 0 N–H and O–H groups in total. The summed E-state index contributed by atoms with van der Waals surface area (Å²) in [5.41, 5.74) is 3.33. The third-order valence-electron chi connectivity index (χ3n) is 6.22. The van der Waals surface area contributed by atoms with Crippen LogP contribution in [0.15, 0.2) is 121 Å². The molecule has 0 spiro atoms. The zero-order chi connectivity index (χ0) is 25.0. The highest BCUT2D eigenvalue weighted by Gasteiger charge is 2.26. The molecule has 0 radical (unpaired) electrons. The van der Waals surface area contributed by atoms with Gasteiger partial charge in [0.15, 0.2) is 0 Å². The molecular weight excluding hydrogens is 448 g/mol. The van der Waals surface area contributed by atoms with E-state index in [0.717, 1.165) is 11.1 Å². The van der Waals surface area contributed by atoms with E-state index in [0.29, 0.717) is 24.0 Å². The van der Waals surface area contributed by atoms with Crippen molar-refractivity contribution in [1.82, 2.24) is 0 Å². The summed E-state index contributed by atoms with van der Waals surface area (Å²) in [5, 5.41) is 0. The molecule has 0 aliphatic heterocycles. The van der Waals surface area contributed by atoms with E-state index < -0.39 is 0 Å². The van der Waals surface area contributed by atoms with E-state index >= 15 is 0 Å². The molecule has 0 saturated carbocycles. The highest BCUT2D eigenvalue weighted by atomic mass is 16.5. The van der Waals surface area contributed by atoms with Crippen molar-refractivity contribution >= 4 is 11.9 Å². The Hall–Kier alpha value is -4.18. The lowest BCUT2D eigenvalue weighted by molar-refractivity contribution is 0.0221. The summed E-state index contributed by atoms with van der Waals surface area (Å²) in [7, 11) is 0. The van der Waals surface area contributed by atoms with Gasteiger partial charge in [-0.15, -0.1) is 0 Å². The van der Waals surface area contributed by atoms with Gasteiger partial charge in [0.05, 0.1) is 24.3 Å². The fourth-order valence-corrected chi connectivity index (χ4v) is 4.24. The minimum atomic E-state index is -0.353. The Balaban J connectivity index is 1.54. The molecule has 4 aromatic rings. The van der Waals surface area contributed by atoms with Crippen molar-refractivity contribution in [2.45, 2.75) is 12.8 Å². The number of carbonyl (C=O) groups excluding carboxylic acids is 2. The third kappa shape index (κ3) is 7.41. The molecule has 2 unspecified atom stereocenters. The van der Waals surface area contributed by atoms with Gasteiger partial charge >= 0.3 is 11.9 Å². The second-order valence-electron chi connectivity index (χ2n) is 8.83. The molecule has 4 rings (SSSR count). The van der Waals surface area contributed by atoms with Crippen LogP contribution in [0.2, 0.25) is 0 Å². The quantitative estimate of drug-likeness (QED) is 0.234. The Morgan fingerprint density at radius 3 is 1.11 bits per heavy atom. The van der Waals surface area contributed by atoms with Crippen LogP contribution in [-0.4, -0.2) is 25.2 Å². The molecule has 0 saturated heterocycles. The van der Waals surface area contributed by atoms with Crippen LogP contribution in [0.25, 0.3) is 0 Å². The highest BCUT2D eigenvalue weighted by molar-refractivity contribution is 5.89. The van der Waals surface area contributed by atoms with Crippen LogP contribution >= 0.6 is 0 Å². The smallest absolute Gasteiger partial charge is 0.338 e. The molecule has 4 aromatic carbocycles. The Kier molecular flexibility index (Phi) is 9.04. The zero-order valence-electron chi connectivity index (χ0n) is 20.2. The molecule has 0 bridgehead atoms. The van der Waals surface area contributed by atoms with Gasteiger partial charge < -0.3 is 9.47 Å². The van der Waals surface area contributed by atoms with Gasteiger partial charge in [0.25, 0.3) is 0 Å². The number of hydrogen-bond donors (Lipinski definition) is 0. The second kappa shape index (κ2) is 13.1. The molecule has 36 heavy (non-hydrogen) atoms. The lowest BCUT2D eigenvalue weighted by atomic mass is 9.83. The monoisotopic (exact) mass is 478 g/mol. The van der Waals surface area contributed by atoms with Gasteiger partial charge in [-0.1, -0.05) is 97.1 Å². The van der Waals surface area contributed by atoms with Crippen LogP contribution in [0.5, 0.6) is 0 Å². The minimum absolute atomic E-state index is 0.0520. The first-order valence-corrected chi connectivity index (χ1v) is 12.2. The summed E-state index contributed by atoms with van der Waals surface area (Å²) >= 11 is 0. The van der Waals surface area contributed by atoms with Crippen LogP contribution < -0.4 is 0 Å². The van der Waals surface area contributed by atoms with Crippen molar-refractivity contribution in [3.63, 3.8) is 0 Å². The van der Waals surface area contributed by atoms with Crippen LogP contribution in [-0.2, 0) is 22.3 Å². The fourth-order valence-electron chi connectivity index (χ4n) is 4.24. The molecule has 0 fully saturated rings. The largest absolute Gasteiger partial charge is 0.462 e. The summed E-state index contributed by atoms with van der Waals surface area (Å²) in [5.74, 6) is -0.811. The molecule has 0 amide bonds. The standard InChI is InChI=1S/C32H30O4/c33-31(27-17-9-3-10-18-27)35-23-29(21-25-13-5-1-6-14-25)30(22-26-15-7-2-8-16-26)24-36-32(34)28-19-11-4-12-20-28/h1-20,29-30H,21-24H2. The fraction of sp³-hybridized carbons (Fsp3) is 0.188. The SMILES string of the molecule is O=C(OCC(Cc1ccccc1)C(COC(=O)c1ccccc1)Cc1ccccc1)c1ccccc1. The number of benzene rings is 4. The molecule has 0 aliphatic rings. The first kappa shape index (κ1) is 24.9. The predicted molar refractivity (Wildman–Crippen MR) is 141 cm³/mol. The maximum atomic E-state index is 12.7. The van der Waals surface area contributed by atoms with Crippen LogP contribution in [0.3, 0.4) is 0 Å². The number of carbonyl (C=O) groups is 2. The first-order chi connectivity index (χ1) is 17.7. The topological polar surface area (TPSA) is 52.6 Å². The molecular formula is C32H30O4. The van der Waals surface area contributed by atoms with Crippen molar-refractivity contribution in [2.75, 3.05) is 13.2 Å². The van der Waals surface area contributed by atoms with Gasteiger partial charge in [0.1, 0.15) is 0 Å². The van der Waals surface area contributed by atoms with E-state index in [-0.39, 0.29) is 37.0 Å². The van der Waals surface area contributed by atoms with Crippen molar-refractivity contribution in [1.29, 1.82) is 0 Å². The number of esters is 2. The number of ether oxygens (including phenoxy) is 2. The zero-order valence-corrected chi connectivity index (χ0v) is 20.2. The molecule has 4 nitrogen and oxygen atoms in total. The van der Waals surface area contributed by atoms with Crippen LogP contribution in [0.4, 0.5) is 0 Å². The Morgan fingerprint density at radius 2 is 0.778 bits per heavy atom. The summed E-state index contributed by atoms with van der Waals surface area (Å²) in [6.45, 7) is 0.450. The van der Waals surface area contributed by atoms with E-state index in [1.165, 1.54) is 0 Å². The van der Waals surface area contributed by atoms with E-state index in [2.05, 4.69) is 24.3 Å². The van der Waals surface area contributed by atoms with E-state index in [9.17, 15) is 9.59 Å². The van der Waals surface area contributed by atoms with Gasteiger partial charge in [0.2, 0.25) is 0 Å². The van der Waals surface area contributed by atoms with Gasteiger partial charge in [-0.2, -0.15) is 0 Å². The van der Waals surface area contributed by atoms with E-state index in [1.807, 2.05) is 72.8 Å². The van der Waals surface area contributed by atoms with Gasteiger partial charge in [-0.25, -0.2) is 9.59 Å². The summed E-state index contributed by atoms with van der Waals surface area (Å²) in [6, 6.07) is 38.3. The Bertz CT molecular complexity index is 1110. The first-order valence-electron chi connectivity index (χ1n) is 12.2. The van der Waals surface area contributed by atoms with E-state index in [4.69, 9.17) is 9.47 Å². The molecule has 0 aliphatic carbocycles. The average molecular weight is 479 g/mol. The highest BCUT2D eigenvalue weighted by Crippen LogP contribution is 2.24. The maximum Gasteiger partial charge on any atom is 0.338 e. The van der Waals surface area contributed by atoms with Crippen molar-refractivity contribution in [3.8, 4) is 0 Å². The van der Waals surface area contributed by atoms with Crippen molar-refractivity contribution < 1.29 is 19.1 Å². The minimum Gasteiger partial charge on any atom is -0.462 e. The van der Waals surface area contributed by atoms with Gasteiger partial charge in [0, 0.05) is 11.8 Å². The second-order valence-corrected chi connectivity index (χ2v) is 8.83. The number of hydrogen-bond acceptors (Lipinski definition) is 4. The molecule has 182 valence electrons. The van der Waals surface area contributed by atoms with Crippen molar-refractivity contribution in [2.24, 2.45) is 11.8 Å². The van der Waals surface area contributed by atoms with Gasteiger partial charge in [-0.05, 0) is 48.2 Å². The van der Waals surface area contributed by atoms with Gasteiger partial charge in [-0.3, -0.25) is 0 Å². The van der Waals surface area contributed by atoms with E-state index in [1.54, 1.807) is 24.3 Å². The van der Waals surface area contributed by atoms with Crippen molar-refractivity contribution in [3.05, 3.63) is 144 Å². The summed E-state index contributed by atoms with van der Waals surface area (Å²) < 4.78 is 11.6. The average Bonchev–Trinajstić information content (AvgIpc) is 2.95. The van der Waals surface area contributed by atoms with Crippen LogP contribution in [0, 0.1) is 11.8 Å².